The first-order valence-corrected chi connectivity index (χ1v) is 2.89. The van der Waals surface area contributed by atoms with Crippen molar-refractivity contribution in [2.24, 2.45) is 5.73 Å². The first-order valence-electron chi connectivity index (χ1n) is 2.89. The van der Waals surface area contributed by atoms with Crippen molar-refractivity contribution in [1.29, 1.82) is 0 Å². The van der Waals surface area contributed by atoms with E-state index in [0.29, 0.717) is 0 Å². The average Bonchev–Trinajstić information content (AvgIpc) is 1.77. The molecule has 2 N–H and O–H groups in total. The summed E-state index contributed by atoms with van der Waals surface area (Å²) < 4.78 is 0. The minimum Gasteiger partial charge on any atom is -0.324 e. The second-order valence-electron chi connectivity index (χ2n) is 2.21. The molecule has 0 aromatic carbocycles. The van der Waals surface area contributed by atoms with Crippen molar-refractivity contribution >= 4 is 7.85 Å². The van der Waals surface area contributed by atoms with Crippen molar-refractivity contribution in [2.75, 3.05) is 0 Å². The van der Waals surface area contributed by atoms with E-state index in [4.69, 9.17) is 5.73 Å². The van der Waals surface area contributed by atoms with Gasteiger partial charge in [0, 0.05) is 6.04 Å². The lowest BCUT2D eigenvalue weighted by atomic mass is 9.89. The Morgan fingerprint density at radius 3 is 2.88 bits per heavy atom. The minimum atomic E-state index is 0.263. The Hall–Kier alpha value is -0.495. The lowest BCUT2D eigenvalue weighted by Gasteiger charge is -2.07. The molecule has 1 unspecified atom stereocenters. The molecular weight excluding hydrogens is 96.9 g/mol. The molecule has 8 heavy (non-hydrogen) atoms. The van der Waals surface area contributed by atoms with Gasteiger partial charge in [0.25, 0.3) is 0 Å². The quantitative estimate of drug-likeness (QED) is 0.426. The van der Waals surface area contributed by atoms with Crippen LogP contribution in [0.25, 0.3) is 0 Å². The van der Waals surface area contributed by atoms with Crippen LogP contribution >= 0.6 is 0 Å². The molecule has 0 aromatic heterocycles. The molecule has 0 fully saturated rings. The Balaban J connectivity index is 2.58. The summed E-state index contributed by atoms with van der Waals surface area (Å²) in [4.78, 5) is 0. The van der Waals surface area contributed by atoms with Crippen molar-refractivity contribution in [2.45, 2.75) is 12.5 Å². The summed E-state index contributed by atoms with van der Waals surface area (Å²) in [5, 5.41) is 0. The van der Waals surface area contributed by atoms with Gasteiger partial charge in [0.05, 0.1) is 0 Å². The summed E-state index contributed by atoms with van der Waals surface area (Å²) in [5.41, 5.74) is 6.89. The van der Waals surface area contributed by atoms with Gasteiger partial charge in [-0.25, -0.2) is 0 Å². The molecule has 0 amide bonds. The third-order valence-corrected chi connectivity index (χ3v) is 1.32. The Bertz CT molecular complexity index is 137. The molecule has 0 saturated carbocycles. The van der Waals surface area contributed by atoms with E-state index in [9.17, 15) is 0 Å². The predicted molar refractivity (Wildman–Crippen MR) is 38.4 cm³/mol. The van der Waals surface area contributed by atoms with Crippen LogP contribution in [0, 0.1) is 0 Å². The van der Waals surface area contributed by atoms with E-state index in [2.05, 4.69) is 20.0 Å². The van der Waals surface area contributed by atoms with Gasteiger partial charge in [-0.3, -0.25) is 0 Å². The third-order valence-electron chi connectivity index (χ3n) is 1.32. The van der Waals surface area contributed by atoms with E-state index >= 15 is 0 Å². The fourth-order valence-corrected chi connectivity index (χ4v) is 0.744. The number of allylic oxidation sites excluding steroid dienone is 2. The number of hydrogen-bond donors (Lipinski definition) is 1. The standard InChI is InChI=1S/C6H10BN/c7-5-1-3-6(8)4-2-5/h1-3,6H,4,7-8H2. The van der Waals surface area contributed by atoms with E-state index < -0.39 is 0 Å². The predicted octanol–water partition coefficient (Wildman–Crippen LogP) is -0.209. The van der Waals surface area contributed by atoms with Gasteiger partial charge >= 0.3 is 0 Å². The summed E-state index contributed by atoms with van der Waals surface area (Å²) >= 11 is 0. The van der Waals surface area contributed by atoms with Crippen molar-refractivity contribution in [1.82, 2.24) is 0 Å². The molecule has 0 saturated heterocycles. The molecule has 0 radical (unpaired) electrons. The van der Waals surface area contributed by atoms with E-state index in [0.717, 1.165) is 6.42 Å². The van der Waals surface area contributed by atoms with E-state index in [1.165, 1.54) is 5.47 Å². The second kappa shape index (κ2) is 2.18. The maximum absolute atomic E-state index is 5.57. The average molecular weight is 107 g/mol. The van der Waals surface area contributed by atoms with Crippen LogP contribution in [0.15, 0.2) is 23.7 Å². The van der Waals surface area contributed by atoms with E-state index in [1.807, 2.05) is 6.08 Å². The van der Waals surface area contributed by atoms with Crippen molar-refractivity contribution in [3.05, 3.63) is 23.7 Å². The summed E-state index contributed by atoms with van der Waals surface area (Å²) in [7, 11) is 2.09. The molecule has 0 heterocycles. The van der Waals surface area contributed by atoms with E-state index in [1.54, 1.807) is 0 Å². The van der Waals surface area contributed by atoms with E-state index in [-0.39, 0.29) is 6.04 Å². The lowest BCUT2D eigenvalue weighted by molar-refractivity contribution is 0.824. The van der Waals surface area contributed by atoms with Crippen LogP contribution in [0.4, 0.5) is 0 Å². The highest BCUT2D eigenvalue weighted by Gasteiger charge is 1.97. The van der Waals surface area contributed by atoms with Crippen LogP contribution in [0.5, 0.6) is 0 Å². The molecule has 1 nitrogen and oxygen atoms in total. The fraction of sp³-hybridized carbons (Fsp3) is 0.333. The first kappa shape index (κ1) is 5.64. The fourth-order valence-electron chi connectivity index (χ4n) is 0.744. The molecular formula is C6H10BN. The highest BCUT2D eigenvalue weighted by Crippen LogP contribution is 2.04. The normalized spacial score (nSPS) is 27.6. The zero-order valence-corrected chi connectivity index (χ0v) is 5.09. The third kappa shape index (κ3) is 1.24. The summed E-state index contributed by atoms with van der Waals surface area (Å²) in [5.74, 6) is 0. The van der Waals surface area contributed by atoms with Crippen LogP contribution in [0.2, 0.25) is 0 Å². The largest absolute Gasteiger partial charge is 0.324 e. The topological polar surface area (TPSA) is 26.0 Å². The molecule has 1 atom stereocenters. The molecule has 0 aliphatic heterocycles. The van der Waals surface area contributed by atoms with Crippen LogP contribution in [0.1, 0.15) is 6.42 Å². The van der Waals surface area contributed by atoms with Crippen LogP contribution < -0.4 is 5.73 Å². The van der Waals surface area contributed by atoms with Crippen LogP contribution in [-0.4, -0.2) is 13.9 Å². The molecule has 1 aliphatic carbocycles. The molecule has 0 spiro atoms. The van der Waals surface area contributed by atoms with Gasteiger partial charge in [-0.2, -0.15) is 0 Å². The molecule has 1 aliphatic rings. The van der Waals surface area contributed by atoms with Crippen molar-refractivity contribution < 1.29 is 0 Å². The number of nitrogens with two attached hydrogens (primary N) is 1. The Labute approximate surface area is 50.7 Å². The van der Waals surface area contributed by atoms with Gasteiger partial charge in [-0.15, -0.1) is 0 Å². The van der Waals surface area contributed by atoms with Gasteiger partial charge in [0.2, 0.25) is 0 Å². The van der Waals surface area contributed by atoms with Gasteiger partial charge in [-0.1, -0.05) is 23.7 Å². The smallest absolute Gasteiger partial charge is 0.138 e. The molecule has 0 aromatic rings. The number of hydrogen-bond acceptors (Lipinski definition) is 1. The first-order chi connectivity index (χ1) is 3.79. The number of rotatable bonds is 0. The lowest BCUT2D eigenvalue weighted by Crippen LogP contribution is -2.17. The summed E-state index contributed by atoms with van der Waals surface area (Å²) in [6, 6.07) is 0.263. The maximum Gasteiger partial charge on any atom is 0.138 e. The highest BCUT2D eigenvalue weighted by molar-refractivity contribution is 6.23. The maximum atomic E-state index is 5.57. The monoisotopic (exact) mass is 107 g/mol. The Morgan fingerprint density at radius 1 is 1.75 bits per heavy atom. The molecule has 42 valence electrons. The summed E-state index contributed by atoms with van der Waals surface area (Å²) in [6.07, 6.45) is 7.26. The van der Waals surface area contributed by atoms with Crippen molar-refractivity contribution in [3.8, 4) is 0 Å². The highest BCUT2D eigenvalue weighted by atomic mass is 14.6. The molecule has 2 heteroatoms. The molecule has 1 rings (SSSR count). The van der Waals surface area contributed by atoms with Gasteiger partial charge < -0.3 is 5.73 Å². The van der Waals surface area contributed by atoms with Crippen LogP contribution in [0.3, 0.4) is 0 Å². The Kier molecular flexibility index (Phi) is 1.54. The molecule has 0 bridgehead atoms. The minimum absolute atomic E-state index is 0.263. The van der Waals surface area contributed by atoms with Crippen molar-refractivity contribution in [3.63, 3.8) is 0 Å². The Morgan fingerprint density at radius 2 is 2.50 bits per heavy atom. The van der Waals surface area contributed by atoms with Gasteiger partial charge in [0.15, 0.2) is 0 Å². The second-order valence-corrected chi connectivity index (χ2v) is 2.21. The zero-order valence-electron chi connectivity index (χ0n) is 5.09. The summed E-state index contributed by atoms with van der Waals surface area (Å²) in [6.45, 7) is 0. The SMILES string of the molecule is BC1=CCC(N)C=C1. The van der Waals surface area contributed by atoms with Crippen LogP contribution in [-0.2, 0) is 0 Å². The zero-order chi connectivity index (χ0) is 5.98. The van der Waals surface area contributed by atoms with Gasteiger partial charge in [-0.05, 0) is 6.42 Å². The van der Waals surface area contributed by atoms with Gasteiger partial charge in [0.1, 0.15) is 7.85 Å².